The molecule has 0 spiro atoms. The Morgan fingerprint density at radius 2 is 1.71 bits per heavy atom. The van der Waals surface area contributed by atoms with E-state index in [2.05, 4.69) is 53.3 Å². The average Bonchev–Trinajstić information content (AvgIpc) is 2.50. The van der Waals surface area contributed by atoms with Gasteiger partial charge in [-0.1, -0.05) is 6.92 Å². The molecule has 1 aliphatic heterocycles. The normalized spacial score (nSPS) is 17.0. The predicted octanol–water partition coefficient (Wildman–Crippen LogP) is 2.53. The topological polar surface area (TPSA) is 53.1 Å². The molecule has 0 aliphatic carbocycles. The first-order valence-corrected chi connectivity index (χ1v) is 8.17. The van der Waals surface area contributed by atoms with Crippen molar-refractivity contribution >= 4 is 11.6 Å². The summed E-state index contributed by atoms with van der Waals surface area (Å²) in [5.74, 6) is 3.62. The van der Waals surface area contributed by atoms with Crippen LogP contribution in [0.4, 0.5) is 11.6 Å². The van der Waals surface area contributed by atoms with Crippen LogP contribution in [0, 0.1) is 12.8 Å². The van der Waals surface area contributed by atoms with Gasteiger partial charge in [-0.15, -0.1) is 0 Å². The van der Waals surface area contributed by atoms with Crippen molar-refractivity contribution in [1.29, 1.82) is 0 Å². The number of anilines is 2. The SMILES string of the molecule is CCNc1nc(CC)nc(NCC2CCN(C)CC2)c1C. The lowest BCUT2D eigenvalue weighted by atomic mass is 9.97. The van der Waals surface area contributed by atoms with Gasteiger partial charge < -0.3 is 15.5 Å². The number of aromatic nitrogens is 2. The standard InChI is InChI=1S/C16H29N5/c1-5-14-19-15(17-6-2)12(3)16(20-14)18-11-13-7-9-21(4)10-8-13/h13H,5-11H2,1-4H3,(H2,17,18,19,20). The molecule has 0 bridgehead atoms. The molecule has 0 saturated carbocycles. The Labute approximate surface area is 128 Å². The number of nitrogens with one attached hydrogen (secondary N) is 2. The minimum atomic E-state index is 0.753. The third kappa shape index (κ3) is 4.30. The van der Waals surface area contributed by atoms with Gasteiger partial charge in [0.25, 0.3) is 0 Å². The van der Waals surface area contributed by atoms with Gasteiger partial charge in [-0.05, 0) is 52.7 Å². The van der Waals surface area contributed by atoms with Crippen molar-refractivity contribution in [2.24, 2.45) is 5.92 Å². The summed E-state index contributed by atoms with van der Waals surface area (Å²) in [6.45, 7) is 10.6. The summed E-state index contributed by atoms with van der Waals surface area (Å²) in [6, 6.07) is 0. The number of hydrogen-bond acceptors (Lipinski definition) is 5. The summed E-state index contributed by atoms with van der Waals surface area (Å²) in [7, 11) is 2.20. The van der Waals surface area contributed by atoms with Crippen LogP contribution in [0.1, 0.15) is 38.1 Å². The van der Waals surface area contributed by atoms with Gasteiger partial charge >= 0.3 is 0 Å². The first-order valence-electron chi connectivity index (χ1n) is 8.17. The summed E-state index contributed by atoms with van der Waals surface area (Å²) >= 11 is 0. The second-order valence-electron chi connectivity index (χ2n) is 5.97. The van der Waals surface area contributed by atoms with E-state index in [1.54, 1.807) is 0 Å². The molecule has 2 rings (SSSR count). The molecule has 1 aromatic heterocycles. The summed E-state index contributed by atoms with van der Waals surface area (Å²) in [5.41, 5.74) is 1.13. The van der Waals surface area contributed by atoms with Gasteiger partial charge in [0.2, 0.25) is 0 Å². The van der Waals surface area contributed by atoms with Crippen molar-refractivity contribution in [3.8, 4) is 0 Å². The Morgan fingerprint density at radius 3 is 2.29 bits per heavy atom. The number of aryl methyl sites for hydroxylation is 1. The van der Waals surface area contributed by atoms with Crippen LogP contribution in [0.3, 0.4) is 0 Å². The second-order valence-corrected chi connectivity index (χ2v) is 5.97. The van der Waals surface area contributed by atoms with Crippen LogP contribution in [-0.2, 0) is 6.42 Å². The van der Waals surface area contributed by atoms with Crippen LogP contribution >= 0.6 is 0 Å². The molecule has 1 aliphatic rings. The molecular weight excluding hydrogens is 262 g/mol. The fourth-order valence-electron chi connectivity index (χ4n) is 2.74. The van der Waals surface area contributed by atoms with Crippen molar-refractivity contribution in [2.75, 3.05) is 43.9 Å². The average molecular weight is 291 g/mol. The highest BCUT2D eigenvalue weighted by Gasteiger charge is 2.17. The lowest BCUT2D eigenvalue weighted by molar-refractivity contribution is 0.226. The molecule has 2 heterocycles. The quantitative estimate of drug-likeness (QED) is 0.843. The Bertz CT molecular complexity index is 452. The van der Waals surface area contributed by atoms with Gasteiger partial charge in [-0.2, -0.15) is 0 Å². The molecule has 5 heteroatoms. The van der Waals surface area contributed by atoms with Crippen LogP contribution in [-0.4, -0.2) is 48.1 Å². The summed E-state index contributed by atoms with van der Waals surface area (Å²) in [6.07, 6.45) is 3.41. The Balaban J connectivity index is 2.02. The van der Waals surface area contributed by atoms with E-state index in [4.69, 9.17) is 0 Å². The van der Waals surface area contributed by atoms with Gasteiger partial charge in [0.15, 0.2) is 0 Å². The fraction of sp³-hybridized carbons (Fsp3) is 0.750. The first kappa shape index (κ1) is 16.0. The third-order valence-corrected chi connectivity index (χ3v) is 4.25. The number of likely N-dealkylation sites (tertiary alicyclic amines) is 1. The fourth-order valence-corrected chi connectivity index (χ4v) is 2.74. The van der Waals surface area contributed by atoms with E-state index in [1.807, 2.05) is 0 Å². The molecule has 0 radical (unpaired) electrons. The maximum atomic E-state index is 4.66. The third-order valence-electron chi connectivity index (χ3n) is 4.25. The van der Waals surface area contributed by atoms with E-state index in [0.717, 1.165) is 48.5 Å². The largest absolute Gasteiger partial charge is 0.370 e. The molecular formula is C16H29N5. The molecule has 1 fully saturated rings. The van der Waals surface area contributed by atoms with Crippen molar-refractivity contribution in [2.45, 2.75) is 40.0 Å². The van der Waals surface area contributed by atoms with E-state index in [-0.39, 0.29) is 0 Å². The van der Waals surface area contributed by atoms with E-state index < -0.39 is 0 Å². The molecule has 2 N–H and O–H groups in total. The van der Waals surface area contributed by atoms with Crippen molar-refractivity contribution < 1.29 is 0 Å². The summed E-state index contributed by atoms with van der Waals surface area (Å²) in [5, 5.41) is 6.90. The summed E-state index contributed by atoms with van der Waals surface area (Å²) in [4.78, 5) is 11.6. The number of nitrogens with zero attached hydrogens (tertiary/aromatic N) is 3. The van der Waals surface area contributed by atoms with Crippen molar-refractivity contribution in [3.63, 3.8) is 0 Å². The molecule has 0 atom stereocenters. The van der Waals surface area contributed by atoms with E-state index in [0.29, 0.717) is 0 Å². The minimum absolute atomic E-state index is 0.753. The molecule has 1 saturated heterocycles. The van der Waals surface area contributed by atoms with Crippen molar-refractivity contribution in [1.82, 2.24) is 14.9 Å². The molecule has 21 heavy (non-hydrogen) atoms. The van der Waals surface area contributed by atoms with Gasteiger partial charge in [0, 0.05) is 25.1 Å². The van der Waals surface area contributed by atoms with Gasteiger partial charge in [-0.3, -0.25) is 0 Å². The minimum Gasteiger partial charge on any atom is -0.370 e. The number of rotatable bonds is 6. The van der Waals surface area contributed by atoms with Crippen LogP contribution in [0.5, 0.6) is 0 Å². The van der Waals surface area contributed by atoms with E-state index in [1.165, 1.54) is 25.9 Å². The predicted molar refractivity (Wildman–Crippen MR) is 89.0 cm³/mol. The van der Waals surface area contributed by atoms with Crippen LogP contribution < -0.4 is 10.6 Å². The van der Waals surface area contributed by atoms with Crippen LogP contribution in [0.2, 0.25) is 0 Å². The summed E-state index contributed by atoms with van der Waals surface area (Å²) < 4.78 is 0. The lowest BCUT2D eigenvalue weighted by Crippen LogP contribution is -2.33. The Hall–Kier alpha value is -1.36. The zero-order valence-corrected chi connectivity index (χ0v) is 13.9. The first-order chi connectivity index (χ1) is 10.1. The van der Waals surface area contributed by atoms with Gasteiger partial charge in [0.05, 0.1) is 0 Å². The van der Waals surface area contributed by atoms with Crippen LogP contribution in [0.15, 0.2) is 0 Å². The number of piperidine rings is 1. The zero-order chi connectivity index (χ0) is 15.2. The van der Waals surface area contributed by atoms with Crippen molar-refractivity contribution in [3.05, 3.63) is 11.4 Å². The monoisotopic (exact) mass is 291 g/mol. The van der Waals surface area contributed by atoms with Crippen LogP contribution in [0.25, 0.3) is 0 Å². The maximum absolute atomic E-state index is 4.66. The highest BCUT2D eigenvalue weighted by Crippen LogP contribution is 2.22. The smallest absolute Gasteiger partial charge is 0.134 e. The molecule has 0 unspecified atom stereocenters. The molecule has 0 amide bonds. The number of hydrogen-bond donors (Lipinski definition) is 2. The highest BCUT2D eigenvalue weighted by atomic mass is 15.1. The second kappa shape index (κ2) is 7.59. The molecule has 5 nitrogen and oxygen atoms in total. The lowest BCUT2D eigenvalue weighted by Gasteiger charge is -2.29. The Kier molecular flexibility index (Phi) is 5.79. The molecule has 118 valence electrons. The van der Waals surface area contributed by atoms with E-state index >= 15 is 0 Å². The molecule has 0 aromatic carbocycles. The Morgan fingerprint density at radius 1 is 1.10 bits per heavy atom. The van der Waals surface area contributed by atoms with Gasteiger partial charge in [-0.25, -0.2) is 9.97 Å². The van der Waals surface area contributed by atoms with Gasteiger partial charge in [0.1, 0.15) is 17.5 Å². The zero-order valence-electron chi connectivity index (χ0n) is 13.9. The maximum Gasteiger partial charge on any atom is 0.134 e. The molecule has 1 aromatic rings. The highest BCUT2D eigenvalue weighted by molar-refractivity contribution is 5.57. The van der Waals surface area contributed by atoms with E-state index in [9.17, 15) is 0 Å².